The van der Waals surface area contributed by atoms with E-state index >= 15 is 0 Å². The molecule has 1 fully saturated rings. The highest BCUT2D eigenvalue weighted by atomic mass is 16.1. The zero-order valence-corrected chi connectivity index (χ0v) is 14.0. The van der Waals surface area contributed by atoms with Gasteiger partial charge in [-0.2, -0.15) is 4.98 Å². The highest BCUT2D eigenvalue weighted by Gasteiger charge is 2.19. The number of hydrogen-bond donors (Lipinski definition) is 4. The first-order chi connectivity index (χ1) is 12.0. The second kappa shape index (κ2) is 7.35. The first kappa shape index (κ1) is 17.0. The summed E-state index contributed by atoms with van der Waals surface area (Å²) >= 11 is 0. The topological polar surface area (TPSA) is 126 Å². The number of guanidine groups is 1. The van der Waals surface area contributed by atoms with Crippen LogP contribution in [-0.4, -0.2) is 39.5 Å². The molecule has 1 aromatic heterocycles. The smallest absolute Gasteiger partial charge is 0.354 e. The van der Waals surface area contributed by atoms with Crippen LogP contribution in [0.25, 0.3) is 5.69 Å². The van der Waals surface area contributed by atoms with Gasteiger partial charge < -0.3 is 16.8 Å². The molecule has 2 aromatic rings. The van der Waals surface area contributed by atoms with Gasteiger partial charge in [-0.15, -0.1) is 0 Å². The zero-order valence-electron chi connectivity index (χ0n) is 14.0. The first-order valence-corrected chi connectivity index (χ1v) is 8.28. The minimum absolute atomic E-state index is 0.0358. The Balaban J connectivity index is 1.67. The SMILES string of the molecule is N=C(N)NC1CCN(Cc2cccc(-n3ccc(N)nc3=O)c2)CC1. The van der Waals surface area contributed by atoms with Gasteiger partial charge in [-0.1, -0.05) is 12.1 Å². The van der Waals surface area contributed by atoms with Gasteiger partial charge in [0, 0.05) is 31.9 Å². The summed E-state index contributed by atoms with van der Waals surface area (Å²) in [6, 6.07) is 9.77. The molecule has 3 rings (SSSR count). The summed E-state index contributed by atoms with van der Waals surface area (Å²) < 4.78 is 1.49. The maximum Gasteiger partial charge on any atom is 0.354 e. The molecule has 2 heterocycles. The molecule has 0 spiro atoms. The molecule has 0 radical (unpaired) electrons. The lowest BCUT2D eigenvalue weighted by Gasteiger charge is -2.32. The second-order valence-corrected chi connectivity index (χ2v) is 6.28. The predicted octanol–water partition coefficient (Wildman–Crippen LogP) is 0.262. The summed E-state index contributed by atoms with van der Waals surface area (Å²) in [5.41, 5.74) is 12.5. The molecule has 25 heavy (non-hydrogen) atoms. The maximum atomic E-state index is 12.0. The van der Waals surface area contributed by atoms with Crippen molar-refractivity contribution in [2.45, 2.75) is 25.4 Å². The quantitative estimate of drug-likeness (QED) is 0.467. The molecule has 8 heteroatoms. The minimum atomic E-state index is -0.381. The van der Waals surface area contributed by atoms with Crippen LogP contribution < -0.4 is 22.5 Å². The van der Waals surface area contributed by atoms with Gasteiger partial charge in [-0.05, 0) is 36.6 Å². The van der Waals surface area contributed by atoms with E-state index in [4.69, 9.17) is 16.9 Å². The van der Waals surface area contributed by atoms with Gasteiger partial charge in [-0.3, -0.25) is 14.9 Å². The van der Waals surface area contributed by atoms with Crippen molar-refractivity contribution in [3.05, 3.63) is 52.6 Å². The van der Waals surface area contributed by atoms with Gasteiger partial charge in [0.25, 0.3) is 0 Å². The molecule has 0 aliphatic carbocycles. The molecule has 132 valence electrons. The van der Waals surface area contributed by atoms with Crippen LogP contribution in [0, 0.1) is 5.41 Å². The number of nitrogens with two attached hydrogens (primary N) is 2. The number of aromatic nitrogens is 2. The summed E-state index contributed by atoms with van der Waals surface area (Å²) in [4.78, 5) is 18.1. The van der Waals surface area contributed by atoms with Crippen molar-refractivity contribution in [1.82, 2.24) is 19.8 Å². The Bertz CT molecular complexity index is 809. The fraction of sp³-hybridized carbons (Fsp3) is 0.353. The van der Waals surface area contributed by atoms with Crippen LogP contribution in [-0.2, 0) is 6.54 Å². The van der Waals surface area contributed by atoms with Gasteiger partial charge >= 0.3 is 5.69 Å². The van der Waals surface area contributed by atoms with Gasteiger partial charge in [0.1, 0.15) is 5.82 Å². The molecule has 0 bridgehead atoms. The van der Waals surface area contributed by atoms with Gasteiger partial charge in [0.15, 0.2) is 5.96 Å². The van der Waals surface area contributed by atoms with Crippen molar-refractivity contribution in [2.24, 2.45) is 5.73 Å². The molecule has 1 aliphatic heterocycles. The second-order valence-electron chi connectivity index (χ2n) is 6.28. The van der Waals surface area contributed by atoms with Crippen LogP contribution in [0.4, 0.5) is 5.82 Å². The third kappa shape index (κ3) is 4.36. The van der Waals surface area contributed by atoms with Crippen LogP contribution in [0.5, 0.6) is 0 Å². The predicted molar refractivity (Wildman–Crippen MR) is 97.6 cm³/mol. The zero-order chi connectivity index (χ0) is 17.8. The summed E-state index contributed by atoms with van der Waals surface area (Å²) in [6.07, 6.45) is 3.56. The van der Waals surface area contributed by atoms with E-state index in [-0.39, 0.29) is 23.5 Å². The largest absolute Gasteiger partial charge is 0.383 e. The molecule has 8 nitrogen and oxygen atoms in total. The van der Waals surface area contributed by atoms with Crippen LogP contribution >= 0.6 is 0 Å². The molecule has 1 saturated heterocycles. The molecule has 1 aliphatic rings. The van der Waals surface area contributed by atoms with E-state index in [1.807, 2.05) is 18.2 Å². The lowest BCUT2D eigenvalue weighted by Crippen LogP contribution is -2.46. The number of hydrogen-bond acceptors (Lipinski definition) is 5. The van der Waals surface area contributed by atoms with E-state index in [0.29, 0.717) is 0 Å². The van der Waals surface area contributed by atoms with E-state index in [1.165, 1.54) is 4.57 Å². The number of nitrogens with zero attached hydrogens (tertiary/aromatic N) is 3. The molecule has 0 atom stereocenters. The Hall–Kier alpha value is -2.87. The summed E-state index contributed by atoms with van der Waals surface area (Å²) in [7, 11) is 0. The van der Waals surface area contributed by atoms with Gasteiger partial charge in [0.05, 0.1) is 5.69 Å². The van der Waals surface area contributed by atoms with Crippen LogP contribution in [0.3, 0.4) is 0 Å². The van der Waals surface area contributed by atoms with Crippen LogP contribution in [0.1, 0.15) is 18.4 Å². The van der Waals surface area contributed by atoms with E-state index in [2.05, 4.69) is 21.3 Å². The summed E-state index contributed by atoms with van der Waals surface area (Å²) in [5.74, 6) is 0.258. The minimum Gasteiger partial charge on any atom is -0.383 e. The first-order valence-electron chi connectivity index (χ1n) is 8.28. The van der Waals surface area contributed by atoms with Crippen LogP contribution in [0.15, 0.2) is 41.3 Å². The van der Waals surface area contributed by atoms with Crippen LogP contribution in [0.2, 0.25) is 0 Å². The van der Waals surface area contributed by atoms with Crippen molar-refractivity contribution in [3.8, 4) is 5.69 Å². The van der Waals surface area contributed by atoms with Crippen molar-refractivity contribution in [2.75, 3.05) is 18.8 Å². The molecule has 0 amide bonds. The Morgan fingerprint density at radius 3 is 2.76 bits per heavy atom. The number of rotatable bonds is 4. The average Bonchev–Trinajstić information content (AvgIpc) is 2.56. The fourth-order valence-electron chi connectivity index (χ4n) is 3.13. The normalized spacial score (nSPS) is 15.8. The molecule has 0 unspecified atom stereocenters. The summed E-state index contributed by atoms with van der Waals surface area (Å²) in [6.45, 7) is 2.70. The van der Waals surface area contributed by atoms with Crippen molar-refractivity contribution < 1.29 is 0 Å². The summed E-state index contributed by atoms with van der Waals surface area (Å²) in [5, 5.41) is 10.3. The lowest BCUT2D eigenvalue weighted by atomic mass is 10.0. The number of nitrogens with one attached hydrogen (secondary N) is 2. The average molecular weight is 341 g/mol. The standard InChI is InChI=1S/C17H23N7O/c18-15-6-9-24(17(25)22-15)14-3-1-2-12(10-14)11-23-7-4-13(5-8-23)21-16(19)20/h1-3,6,9-10,13H,4-5,7-8,11H2,(H2,18,22,25)(H4,19,20,21). The van der Waals surface area contributed by atoms with Crippen molar-refractivity contribution >= 4 is 11.8 Å². The number of piperidine rings is 1. The molecule has 1 aromatic carbocycles. The molecule has 6 N–H and O–H groups in total. The third-order valence-corrected chi connectivity index (χ3v) is 4.37. The lowest BCUT2D eigenvalue weighted by molar-refractivity contribution is 0.198. The molecular formula is C17H23N7O. The van der Waals surface area contributed by atoms with Gasteiger partial charge in [0.2, 0.25) is 0 Å². The van der Waals surface area contributed by atoms with E-state index in [0.717, 1.165) is 43.7 Å². The van der Waals surface area contributed by atoms with Crippen molar-refractivity contribution in [1.29, 1.82) is 5.41 Å². The van der Waals surface area contributed by atoms with Crippen molar-refractivity contribution in [3.63, 3.8) is 0 Å². The number of anilines is 1. The Labute approximate surface area is 146 Å². The Morgan fingerprint density at radius 2 is 2.08 bits per heavy atom. The van der Waals surface area contributed by atoms with E-state index < -0.39 is 0 Å². The molecular weight excluding hydrogens is 318 g/mol. The van der Waals surface area contributed by atoms with Gasteiger partial charge in [-0.25, -0.2) is 4.79 Å². The number of likely N-dealkylation sites (tertiary alicyclic amines) is 1. The highest BCUT2D eigenvalue weighted by molar-refractivity contribution is 5.74. The third-order valence-electron chi connectivity index (χ3n) is 4.37. The monoisotopic (exact) mass is 341 g/mol. The Morgan fingerprint density at radius 1 is 1.32 bits per heavy atom. The fourth-order valence-corrected chi connectivity index (χ4v) is 3.13. The Kier molecular flexibility index (Phi) is 4.99. The van der Waals surface area contributed by atoms with E-state index in [1.54, 1.807) is 12.3 Å². The molecule has 0 saturated carbocycles. The highest BCUT2D eigenvalue weighted by Crippen LogP contribution is 2.16. The number of benzene rings is 1. The van der Waals surface area contributed by atoms with E-state index in [9.17, 15) is 4.79 Å². The maximum absolute atomic E-state index is 12.0. The number of nitrogen functional groups attached to an aromatic ring is 1.